The Bertz CT molecular complexity index is 988. The fourth-order valence-corrected chi connectivity index (χ4v) is 4.77. The molecule has 0 bridgehead atoms. The molecule has 0 radical (unpaired) electrons. The number of para-hydroxylation sites is 1. The van der Waals surface area contributed by atoms with Gasteiger partial charge in [0.15, 0.2) is 0 Å². The number of carbonyl (C=O) groups is 1. The molecule has 31 heavy (non-hydrogen) atoms. The number of halogens is 3. The van der Waals surface area contributed by atoms with Gasteiger partial charge < -0.3 is 9.47 Å². The van der Waals surface area contributed by atoms with Crippen molar-refractivity contribution >= 4 is 16.0 Å². The SMILES string of the molecule is O=C(OCCOc1ccccc1)C1CCN(S(=O)(=O)c2cccc(C(F)(F)F)c2)CC1. The minimum Gasteiger partial charge on any atom is -0.490 e. The van der Waals surface area contributed by atoms with E-state index in [1.54, 1.807) is 12.1 Å². The highest BCUT2D eigenvalue weighted by molar-refractivity contribution is 7.89. The smallest absolute Gasteiger partial charge is 0.416 e. The van der Waals surface area contributed by atoms with Crippen molar-refractivity contribution in [3.05, 3.63) is 60.2 Å². The molecule has 6 nitrogen and oxygen atoms in total. The Kier molecular flexibility index (Phi) is 7.22. The van der Waals surface area contributed by atoms with Crippen molar-refractivity contribution in [3.8, 4) is 5.75 Å². The van der Waals surface area contributed by atoms with Crippen molar-refractivity contribution < 1.29 is 35.9 Å². The molecule has 1 heterocycles. The summed E-state index contributed by atoms with van der Waals surface area (Å²) >= 11 is 0. The van der Waals surface area contributed by atoms with Crippen molar-refractivity contribution in [3.63, 3.8) is 0 Å². The molecule has 0 aliphatic carbocycles. The lowest BCUT2D eigenvalue weighted by Gasteiger charge is -2.30. The Balaban J connectivity index is 1.50. The van der Waals surface area contributed by atoms with Crippen LogP contribution in [0.15, 0.2) is 59.5 Å². The van der Waals surface area contributed by atoms with E-state index in [1.807, 2.05) is 18.2 Å². The summed E-state index contributed by atoms with van der Waals surface area (Å²) in [4.78, 5) is 11.8. The number of benzene rings is 2. The monoisotopic (exact) mass is 457 g/mol. The molecule has 2 aromatic rings. The van der Waals surface area contributed by atoms with E-state index in [9.17, 15) is 26.4 Å². The van der Waals surface area contributed by atoms with E-state index >= 15 is 0 Å². The molecule has 3 rings (SSSR count). The van der Waals surface area contributed by atoms with Crippen molar-refractivity contribution in [2.45, 2.75) is 23.9 Å². The Morgan fingerprint density at radius 3 is 2.32 bits per heavy atom. The van der Waals surface area contributed by atoms with Gasteiger partial charge in [-0.05, 0) is 43.2 Å². The molecule has 1 fully saturated rings. The summed E-state index contributed by atoms with van der Waals surface area (Å²) in [6.45, 7) is 0.312. The predicted octanol–water partition coefficient (Wildman–Crippen LogP) is 3.73. The van der Waals surface area contributed by atoms with Crippen molar-refractivity contribution in [2.24, 2.45) is 5.92 Å². The molecular weight excluding hydrogens is 435 g/mol. The Morgan fingerprint density at radius 2 is 1.68 bits per heavy atom. The third kappa shape index (κ3) is 5.98. The van der Waals surface area contributed by atoms with Gasteiger partial charge in [0, 0.05) is 13.1 Å². The molecule has 168 valence electrons. The molecule has 1 aliphatic rings. The van der Waals surface area contributed by atoms with Gasteiger partial charge in [0.1, 0.15) is 19.0 Å². The van der Waals surface area contributed by atoms with Crippen LogP contribution < -0.4 is 4.74 Å². The summed E-state index contributed by atoms with van der Waals surface area (Å²) in [5.41, 5.74) is -1.02. The molecule has 0 amide bonds. The van der Waals surface area contributed by atoms with E-state index in [-0.39, 0.29) is 39.1 Å². The zero-order chi connectivity index (χ0) is 22.5. The van der Waals surface area contributed by atoms with Crippen molar-refractivity contribution in [2.75, 3.05) is 26.3 Å². The number of nitrogens with zero attached hydrogens (tertiary/aromatic N) is 1. The molecule has 1 saturated heterocycles. The van der Waals surface area contributed by atoms with Crippen LogP contribution in [0, 0.1) is 5.92 Å². The minimum absolute atomic E-state index is 0.0266. The van der Waals surface area contributed by atoms with Crippen LogP contribution in [0.3, 0.4) is 0 Å². The average Bonchev–Trinajstić information content (AvgIpc) is 2.77. The van der Waals surface area contributed by atoms with Crippen LogP contribution in [0.5, 0.6) is 5.75 Å². The van der Waals surface area contributed by atoms with Crippen LogP contribution >= 0.6 is 0 Å². The highest BCUT2D eigenvalue weighted by Gasteiger charge is 2.35. The summed E-state index contributed by atoms with van der Waals surface area (Å²) < 4.78 is 75.9. The molecular formula is C21H22F3NO5S. The molecule has 0 spiro atoms. The lowest BCUT2D eigenvalue weighted by molar-refractivity contribution is -0.150. The van der Waals surface area contributed by atoms with Gasteiger partial charge in [-0.3, -0.25) is 4.79 Å². The molecule has 1 aliphatic heterocycles. The van der Waals surface area contributed by atoms with Gasteiger partial charge in [-0.2, -0.15) is 17.5 Å². The van der Waals surface area contributed by atoms with Gasteiger partial charge in [0.25, 0.3) is 0 Å². The van der Waals surface area contributed by atoms with Gasteiger partial charge in [0.2, 0.25) is 10.0 Å². The van der Waals surface area contributed by atoms with E-state index in [4.69, 9.17) is 9.47 Å². The number of hydrogen-bond acceptors (Lipinski definition) is 5. The van der Waals surface area contributed by atoms with Gasteiger partial charge in [0.05, 0.1) is 16.4 Å². The molecule has 10 heteroatoms. The summed E-state index contributed by atoms with van der Waals surface area (Å²) in [5, 5.41) is 0. The van der Waals surface area contributed by atoms with Crippen LogP contribution in [-0.4, -0.2) is 45.0 Å². The Labute approximate surface area is 178 Å². The Hall–Kier alpha value is -2.59. The van der Waals surface area contributed by atoms with Crippen LogP contribution in [0.1, 0.15) is 18.4 Å². The summed E-state index contributed by atoms with van der Waals surface area (Å²) in [5.74, 6) is -0.246. The first-order valence-corrected chi connectivity index (χ1v) is 11.1. The quantitative estimate of drug-likeness (QED) is 0.468. The second kappa shape index (κ2) is 9.69. The highest BCUT2D eigenvalue weighted by atomic mass is 32.2. The fraction of sp³-hybridized carbons (Fsp3) is 0.381. The average molecular weight is 457 g/mol. The largest absolute Gasteiger partial charge is 0.490 e. The normalized spacial score (nSPS) is 16.1. The minimum atomic E-state index is -4.63. The maximum absolute atomic E-state index is 12.9. The van der Waals surface area contributed by atoms with E-state index in [1.165, 1.54) is 0 Å². The predicted molar refractivity (Wildman–Crippen MR) is 106 cm³/mol. The number of sulfonamides is 1. The number of rotatable bonds is 7. The van der Waals surface area contributed by atoms with Gasteiger partial charge in [-0.1, -0.05) is 24.3 Å². The van der Waals surface area contributed by atoms with Crippen LogP contribution in [0.25, 0.3) is 0 Å². The number of esters is 1. The number of ether oxygens (including phenoxy) is 2. The first-order chi connectivity index (χ1) is 14.7. The molecule has 0 saturated carbocycles. The zero-order valence-electron chi connectivity index (χ0n) is 16.5. The Morgan fingerprint density at radius 1 is 1.00 bits per heavy atom. The molecule has 0 unspecified atom stereocenters. The zero-order valence-corrected chi connectivity index (χ0v) is 17.4. The van der Waals surface area contributed by atoms with Crippen molar-refractivity contribution in [1.29, 1.82) is 0 Å². The van der Waals surface area contributed by atoms with Crippen LogP contribution in [0.2, 0.25) is 0 Å². The molecule has 0 N–H and O–H groups in total. The van der Waals surface area contributed by atoms with Crippen LogP contribution in [-0.2, 0) is 25.7 Å². The number of hydrogen-bond donors (Lipinski definition) is 0. The van der Waals surface area contributed by atoms with Gasteiger partial charge in [-0.25, -0.2) is 8.42 Å². The number of piperidine rings is 1. The second-order valence-electron chi connectivity index (χ2n) is 7.03. The van der Waals surface area contributed by atoms with E-state index in [0.29, 0.717) is 11.8 Å². The van der Waals surface area contributed by atoms with E-state index < -0.39 is 38.5 Å². The molecule has 2 aromatic carbocycles. The van der Waals surface area contributed by atoms with Crippen molar-refractivity contribution in [1.82, 2.24) is 4.31 Å². The fourth-order valence-electron chi connectivity index (χ4n) is 3.25. The number of carbonyl (C=O) groups excluding carboxylic acids is 1. The summed E-state index contributed by atoms with van der Waals surface area (Å²) in [6, 6.07) is 12.7. The third-order valence-electron chi connectivity index (χ3n) is 4.93. The van der Waals surface area contributed by atoms with Gasteiger partial charge >= 0.3 is 12.1 Å². The standard InChI is InChI=1S/C21H22F3NO5S/c22-21(23,24)17-5-4-8-19(15-17)31(27,28)25-11-9-16(10-12-25)20(26)30-14-13-29-18-6-2-1-3-7-18/h1-8,15-16H,9-14H2. The summed E-state index contributed by atoms with van der Waals surface area (Å²) in [7, 11) is -4.08. The first-order valence-electron chi connectivity index (χ1n) is 9.70. The topological polar surface area (TPSA) is 72.9 Å². The van der Waals surface area contributed by atoms with Gasteiger partial charge in [-0.15, -0.1) is 0 Å². The lowest BCUT2D eigenvalue weighted by atomic mass is 9.98. The lowest BCUT2D eigenvalue weighted by Crippen LogP contribution is -2.40. The maximum Gasteiger partial charge on any atom is 0.416 e. The third-order valence-corrected chi connectivity index (χ3v) is 6.82. The first kappa shape index (κ1) is 23.1. The molecule has 0 atom stereocenters. The van der Waals surface area contributed by atoms with Crippen LogP contribution in [0.4, 0.5) is 13.2 Å². The molecule has 0 aromatic heterocycles. The van der Waals surface area contributed by atoms with E-state index in [0.717, 1.165) is 22.5 Å². The maximum atomic E-state index is 12.9. The second-order valence-corrected chi connectivity index (χ2v) is 8.97. The highest BCUT2D eigenvalue weighted by Crippen LogP contribution is 2.32. The summed E-state index contributed by atoms with van der Waals surface area (Å²) in [6.07, 6.45) is -4.17. The van der Waals surface area contributed by atoms with E-state index in [2.05, 4.69) is 0 Å². The number of alkyl halides is 3.